The van der Waals surface area contributed by atoms with Crippen molar-refractivity contribution in [2.45, 2.75) is 45.1 Å². The highest BCUT2D eigenvalue weighted by Crippen LogP contribution is 2.36. The van der Waals surface area contributed by atoms with Crippen LogP contribution in [0.2, 0.25) is 0 Å². The lowest BCUT2D eigenvalue weighted by molar-refractivity contribution is 0.105. The first-order valence-corrected chi connectivity index (χ1v) is 5.68. The number of methoxy groups -OCH3 is 1. The Bertz CT molecular complexity index is 360. The Kier molecular flexibility index (Phi) is 2.59. The van der Waals surface area contributed by atoms with E-state index < -0.39 is 0 Å². The molecule has 0 aromatic heterocycles. The molecule has 0 N–H and O–H groups in total. The van der Waals surface area contributed by atoms with E-state index in [2.05, 4.69) is 39.0 Å². The second-order valence-corrected chi connectivity index (χ2v) is 5.43. The first kappa shape index (κ1) is 10.7. The number of hydrogen-bond acceptors (Lipinski definition) is 1. The highest BCUT2D eigenvalue weighted by atomic mass is 16.5. The predicted molar refractivity (Wildman–Crippen MR) is 63.2 cm³/mol. The lowest BCUT2D eigenvalue weighted by Gasteiger charge is -2.21. The lowest BCUT2D eigenvalue weighted by atomic mass is 9.85. The van der Waals surface area contributed by atoms with Gasteiger partial charge in [-0.25, -0.2) is 0 Å². The summed E-state index contributed by atoms with van der Waals surface area (Å²) >= 11 is 0. The van der Waals surface area contributed by atoms with E-state index in [1.165, 1.54) is 16.7 Å². The molecule has 1 heteroatoms. The van der Waals surface area contributed by atoms with E-state index >= 15 is 0 Å². The zero-order chi connectivity index (χ0) is 11.1. The molecule has 0 heterocycles. The Morgan fingerprint density at radius 1 is 1.27 bits per heavy atom. The molecule has 1 aromatic carbocycles. The van der Waals surface area contributed by atoms with E-state index in [0.717, 1.165) is 12.8 Å². The highest BCUT2D eigenvalue weighted by Gasteiger charge is 2.24. The number of hydrogen-bond donors (Lipinski definition) is 0. The van der Waals surface area contributed by atoms with Crippen LogP contribution in [0, 0.1) is 0 Å². The molecular formula is C14H20O. The maximum atomic E-state index is 5.51. The van der Waals surface area contributed by atoms with Gasteiger partial charge in [-0.1, -0.05) is 39.0 Å². The maximum Gasteiger partial charge on any atom is 0.0827 e. The molecule has 1 aliphatic carbocycles. The predicted octanol–water partition coefficient (Wildman–Crippen LogP) is 3.62. The molecule has 0 saturated carbocycles. The average Bonchev–Trinajstić information content (AvgIpc) is 2.57. The Morgan fingerprint density at radius 3 is 2.60 bits per heavy atom. The van der Waals surface area contributed by atoms with Crippen LogP contribution in [0.5, 0.6) is 0 Å². The molecular weight excluding hydrogens is 184 g/mol. The van der Waals surface area contributed by atoms with Gasteiger partial charge in [-0.05, 0) is 34.9 Å². The Hall–Kier alpha value is -0.820. The van der Waals surface area contributed by atoms with Gasteiger partial charge in [0, 0.05) is 7.11 Å². The molecule has 0 saturated heterocycles. The second kappa shape index (κ2) is 3.64. The van der Waals surface area contributed by atoms with E-state index in [0.29, 0.717) is 6.10 Å². The zero-order valence-electron chi connectivity index (χ0n) is 10.1. The van der Waals surface area contributed by atoms with Crippen molar-refractivity contribution in [1.29, 1.82) is 0 Å². The SMILES string of the molecule is COC1CCc2ccc(C(C)(C)C)cc21. The third kappa shape index (κ3) is 1.93. The van der Waals surface area contributed by atoms with Crippen molar-refractivity contribution < 1.29 is 4.74 Å². The topological polar surface area (TPSA) is 9.23 Å². The molecule has 0 aliphatic heterocycles. The van der Waals surface area contributed by atoms with Crippen LogP contribution >= 0.6 is 0 Å². The van der Waals surface area contributed by atoms with Gasteiger partial charge in [0.15, 0.2) is 0 Å². The highest BCUT2D eigenvalue weighted by molar-refractivity contribution is 5.39. The molecule has 1 aromatic rings. The Balaban J connectivity index is 2.41. The number of ether oxygens (including phenoxy) is 1. The molecule has 0 bridgehead atoms. The fourth-order valence-electron chi connectivity index (χ4n) is 2.28. The quantitative estimate of drug-likeness (QED) is 0.679. The summed E-state index contributed by atoms with van der Waals surface area (Å²) in [6.07, 6.45) is 2.62. The van der Waals surface area contributed by atoms with Gasteiger partial charge in [0.2, 0.25) is 0 Å². The van der Waals surface area contributed by atoms with Crippen LogP contribution in [0.1, 0.15) is 50.0 Å². The minimum Gasteiger partial charge on any atom is -0.377 e. The maximum absolute atomic E-state index is 5.51. The number of rotatable bonds is 1. The van der Waals surface area contributed by atoms with Crippen molar-refractivity contribution >= 4 is 0 Å². The van der Waals surface area contributed by atoms with Crippen molar-refractivity contribution in [2.75, 3.05) is 7.11 Å². The molecule has 1 unspecified atom stereocenters. The summed E-state index contributed by atoms with van der Waals surface area (Å²) in [7, 11) is 1.81. The molecule has 0 amide bonds. The van der Waals surface area contributed by atoms with E-state index in [9.17, 15) is 0 Å². The van der Waals surface area contributed by atoms with Gasteiger partial charge >= 0.3 is 0 Å². The van der Waals surface area contributed by atoms with Crippen molar-refractivity contribution in [2.24, 2.45) is 0 Å². The van der Waals surface area contributed by atoms with Crippen LogP contribution in [0.3, 0.4) is 0 Å². The van der Waals surface area contributed by atoms with Crippen molar-refractivity contribution in [3.63, 3.8) is 0 Å². The van der Waals surface area contributed by atoms with Crippen molar-refractivity contribution in [3.8, 4) is 0 Å². The molecule has 0 spiro atoms. The molecule has 2 rings (SSSR count). The van der Waals surface area contributed by atoms with Gasteiger partial charge in [0.1, 0.15) is 0 Å². The summed E-state index contributed by atoms with van der Waals surface area (Å²) in [5.41, 5.74) is 4.51. The molecule has 0 radical (unpaired) electrons. The van der Waals surface area contributed by atoms with E-state index in [-0.39, 0.29) is 5.41 Å². The smallest absolute Gasteiger partial charge is 0.0827 e. The standard InChI is InChI=1S/C14H20O/c1-14(2,3)11-7-5-10-6-8-13(15-4)12(10)9-11/h5,7,9,13H,6,8H2,1-4H3. The van der Waals surface area contributed by atoms with E-state index in [1.54, 1.807) is 0 Å². The molecule has 15 heavy (non-hydrogen) atoms. The first-order chi connectivity index (χ1) is 7.02. The van der Waals surface area contributed by atoms with Crippen molar-refractivity contribution in [1.82, 2.24) is 0 Å². The third-order valence-corrected chi connectivity index (χ3v) is 3.32. The summed E-state index contributed by atoms with van der Waals surface area (Å²) in [6.45, 7) is 6.77. The largest absolute Gasteiger partial charge is 0.377 e. The van der Waals surface area contributed by atoms with Gasteiger partial charge in [0.05, 0.1) is 6.10 Å². The second-order valence-electron chi connectivity index (χ2n) is 5.43. The van der Waals surface area contributed by atoms with Crippen LogP contribution in [-0.4, -0.2) is 7.11 Å². The van der Waals surface area contributed by atoms with Gasteiger partial charge in [-0.2, -0.15) is 0 Å². The minimum absolute atomic E-state index is 0.232. The van der Waals surface area contributed by atoms with Crippen LogP contribution in [0.25, 0.3) is 0 Å². The zero-order valence-corrected chi connectivity index (χ0v) is 10.1. The molecule has 0 fully saturated rings. The molecule has 1 nitrogen and oxygen atoms in total. The first-order valence-electron chi connectivity index (χ1n) is 5.68. The van der Waals surface area contributed by atoms with Crippen LogP contribution in [-0.2, 0) is 16.6 Å². The summed E-state index contributed by atoms with van der Waals surface area (Å²) < 4.78 is 5.51. The molecule has 1 aliphatic rings. The molecule has 1 atom stereocenters. The number of aryl methyl sites for hydroxylation is 1. The van der Waals surface area contributed by atoms with Crippen LogP contribution < -0.4 is 0 Å². The van der Waals surface area contributed by atoms with Crippen LogP contribution in [0.4, 0.5) is 0 Å². The fraction of sp³-hybridized carbons (Fsp3) is 0.571. The Morgan fingerprint density at radius 2 is 2.00 bits per heavy atom. The van der Waals surface area contributed by atoms with Gasteiger partial charge in [-0.15, -0.1) is 0 Å². The van der Waals surface area contributed by atoms with E-state index in [1.807, 2.05) is 7.11 Å². The average molecular weight is 204 g/mol. The van der Waals surface area contributed by atoms with Crippen molar-refractivity contribution in [3.05, 3.63) is 34.9 Å². The molecule has 82 valence electrons. The van der Waals surface area contributed by atoms with Gasteiger partial charge < -0.3 is 4.74 Å². The summed E-state index contributed by atoms with van der Waals surface area (Å²) in [4.78, 5) is 0. The number of fused-ring (bicyclic) bond motifs is 1. The lowest BCUT2D eigenvalue weighted by Crippen LogP contribution is -2.11. The Labute approximate surface area is 92.5 Å². The van der Waals surface area contributed by atoms with E-state index in [4.69, 9.17) is 4.74 Å². The summed E-state index contributed by atoms with van der Waals surface area (Å²) in [5, 5.41) is 0. The third-order valence-electron chi connectivity index (χ3n) is 3.32. The van der Waals surface area contributed by atoms with Crippen LogP contribution in [0.15, 0.2) is 18.2 Å². The van der Waals surface area contributed by atoms with Gasteiger partial charge in [0.25, 0.3) is 0 Å². The minimum atomic E-state index is 0.232. The fourth-order valence-corrected chi connectivity index (χ4v) is 2.28. The van der Waals surface area contributed by atoms with Gasteiger partial charge in [-0.3, -0.25) is 0 Å². The number of benzene rings is 1. The summed E-state index contributed by atoms with van der Waals surface area (Å²) in [5.74, 6) is 0. The summed E-state index contributed by atoms with van der Waals surface area (Å²) in [6, 6.07) is 6.86. The monoisotopic (exact) mass is 204 g/mol. The normalized spacial score (nSPS) is 20.4.